The van der Waals surface area contributed by atoms with Gasteiger partial charge in [-0.2, -0.15) is 0 Å². The number of hydrogen-bond donors (Lipinski definition) is 2. The number of nitro groups is 1. The minimum Gasteiger partial charge on any atom is -0.375 e. The molecule has 6 heteroatoms. The van der Waals surface area contributed by atoms with Crippen molar-refractivity contribution in [2.24, 2.45) is 0 Å². The van der Waals surface area contributed by atoms with Gasteiger partial charge in [0.1, 0.15) is 10.7 Å². The van der Waals surface area contributed by atoms with Crippen LogP contribution in [0, 0.1) is 10.1 Å². The van der Waals surface area contributed by atoms with E-state index >= 15 is 0 Å². The van der Waals surface area contributed by atoms with Crippen molar-refractivity contribution >= 4 is 23.0 Å². The van der Waals surface area contributed by atoms with Gasteiger partial charge in [-0.15, -0.1) is 0 Å². The Morgan fingerprint density at radius 3 is 3.00 bits per heavy atom. The fourth-order valence-corrected chi connectivity index (χ4v) is 2.50. The molecule has 2 rings (SSSR count). The molecule has 2 N–H and O–H groups in total. The smallest absolute Gasteiger partial charge is 0.310 e. The molecule has 98 valence electrons. The van der Waals surface area contributed by atoms with Crippen LogP contribution in [0.25, 0.3) is 0 Å². The minimum atomic E-state index is -0.439. The lowest BCUT2D eigenvalue weighted by Crippen LogP contribution is -2.46. The lowest BCUT2D eigenvalue weighted by Gasteiger charge is -2.31. The predicted molar refractivity (Wildman–Crippen MR) is 72.2 cm³/mol. The Bertz CT molecular complexity index is 453. The molecule has 5 nitrogen and oxygen atoms in total. The van der Waals surface area contributed by atoms with Crippen LogP contribution in [0.15, 0.2) is 18.2 Å². The van der Waals surface area contributed by atoms with Crippen molar-refractivity contribution in [2.45, 2.75) is 31.8 Å². The minimum absolute atomic E-state index is 0.0445. The van der Waals surface area contributed by atoms with E-state index in [0.717, 1.165) is 19.4 Å². The van der Waals surface area contributed by atoms with Gasteiger partial charge in [-0.3, -0.25) is 10.1 Å². The van der Waals surface area contributed by atoms with Gasteiger partial charge in [0.15, 0.2) is 0 Å². The summed E-state index contributed by atoms with van der Waals surface area (Å²) in [4.78, 5) is 10.6. The molecule has 0 aromatic heterocycles. The van der Waals surface area contributed by atoms with Crippen LogP contribution in [0.4, 0.5) is 11.4 Å². The highest BCUT2D eigenvalue weighted by molar-refractivity contribution is 6.33. The van der Waals surface area contributed by atoms with E-state index < -0.39 is 4.92 Å². The fraction of sp³-hybridized carbons (Fsp3) is 0.500. The predicted octanol–water partition coefficient (Wildman–Crippen LogP) is 2.80. The Hall–Kier alpha value is -1.33. The zero-order valence-electron chi connectivity index (χ0n) is 10.1. The van der Waals surface area contributed by atoms with Gasteiger partial charge in [-0.1, -0.05) is 17.7 Å². The molecule has 0 spiro atoms. The second-order valence-corrected chi connectivity index (χ2v) is 4.94. The van der Waals surface area contributed by atoms with Crippen molar-refractivity contribution in [2.75, 3.05) is 11.9 Å². The molecular weight excluding hydrogens is 254 g/mol. The van der Waals surface area contributed by atoms with E-state index in [-0.39, 0.29) is 22.8 Å². The largest absolute Gasteiger partial charge is 0.375 e. The van der Waals surface area contributed by atoms with Crippen LogP contribution < -0.4 is 10.6 Å². The van der Waals surface area contributed by atoms with Gasteiger partial charge >= 0.3 is 5.69 Å². The first-order valence-corrected chi connectivity index (χ1v) is 6.40. The molecule has 0 saturated carbocycles. The standard InChI is InChI=1S/C12H16ClN3O2/c1-8-10(6-3-7-14-8)15-11-5-2-4-9(13)12(11)16(17)18/h2,4-5,8,10,14-15H,3,6-7H2,1H3. The van der Waals surface area contributed by atoms with Crippen molar-refractivity contribution in [1.82, 2.24) is 5.32 Å². The second-order valence-electron chi connectivity index (χ2n) is 4.53. The van der Waals surface area contributed by atoms with E-state index in [1.165, 1.54) is 6.07 Å². The van der Waals surface area contributed by atoms with E-state index in [0.29, 0.717) is 5.69 Å². The average Bonchev–Trinajstić information content (AvgIpc) is 2.31. The Morgan fingerprint density at radius 2 is 2.33 bits per heavy atom. The number of para-hydroxylation sites is 1. The van der Waals surface area contributed by atoms with E-state index in [4.69, 9.17) is 11.6 Å². The average molecular weight is 270 g/mol. The normalized spacial score (nSPS) is 23.7. The Balaban J connectivity index is 2.23. The monoisotopic (exact) mass is 269 g/mol. The Kier molecular flexibility index (Phi) is 4.04. The van der Waals surface area contributed by atoms with Crippen molar-refractivity contribution < 1.29 is 4.92 Å². The number of nitrogens with one attached hydrogen (secondary N) is 2. The second kappa shape index (κ2) is 5.54. The third-order valence-corrected chi connectivity index (χ3v) is 3.58. The first-order chi connectivity index (χ1) is 8.59. The maximum Gasteiger partial charge on any atom is 0.310 e. The SMILES string of the molecule is CC1NCCCC1Nc1cccc(Cl)c1[N+](=O)[O-]. The highest BCUT2D eigenvalue weighted by Gasteiger charge is 2.25. The van der Waals surface area contributed by atoms with E-state index in [2.05, 4.69) is 17.6 Å². The molecule has 1 saturated heterocycles. The number of piperidine rings is 1. The van der Waals surface area contributed by atoms with Crippen molar-refractivity contribution in [3.8, 4) is 0 Å². The van der Waals surface area contributed by atoms with Crippen LogP contribution in [0.2, 0.25) is 5.02 Å². The van der Waals surface area contributed by atoms with Gasteiger partial charge in [0.2, 0.25) is 0 Å². The quantitative estimate of drug-likeness (QED) is 0.654. The molecule has 0 amide bonds. The maximum atomic E-state index is 11.0. The molecule has 0 bridgehead atoms. The van der Waals surface area contributed by atoms with Gasteiger partial charge in [-0.25, -0.2) is 0 Å². The van der Waals surface area contributed by atoms with Crippen LogP contribution in [-0.4, -0.2) is 23.6 Å². The summed E-state index contributed by atoms with van der Waals surface area (Å²) in [5, 5.41) is 17.8. The number of hydrogen-bond acceptors (Lipinski definition) is 4. The molecule has 0 radical (unpaired) electrons. The summed E-state index contributed by atoms with van der Waals surface area (Å²) < 4.78 is 0. The summed E-state index contributed by atoms with van der Waals surface area (Å²) in [6.07, 6.45) is 2.06. The number of benzene rings is 1. The van der Waals surface area contributed by atoms with Gasteiger partial charge in [0.05, 0.1) is 4.92 Å². The molecule has 1 fully saturated rings. The molecular formula is C12H16ClN3O2. The molecule has 18 heavy (non-hydrogen) atoms. The first kappa shape index (κ1) is 13.1. The Morgan fingerprint density at radius 1 is 1.56 bits per heavy atom. The van der Waals surface area contributed by atoms with Crippen LogP contribution >= 0.6 is 11.6 Å². The first-order valence-electron chi connectivity index (χ1n) is 6.02. The van der Waals surface area contributed by atoms with Crippen LogP contribution in [0.3, 0.4) is 0 Å². The molecule has 1 aromatic rings. The number of anilines is 1. The van der Waals surface area contributed by atoms with Crippen molar-refractivity contribution in [3.63, 3.8) is 0 Å². The van der Waals surface area contributed by atoms with Gasteiger partial charge in [0.25, 0.3) is 0 Å². The lowest BCUT2D eigenvalue weighted by atomic mass is 9.99. The molecule has 1 aliphatic rings. The number of halogens is 1. The molecule has 2 unspecified atom stereocenters. The van der Waals surface area contributed by atoms with Crippen LogP contribution in [-0.2, 0) is 0 Å². The summed E-state index contributed by atoms with van der Waals surface area (Å²) in [7, 11) is 0. The van der Waals surface area contributed by atoms with Gasteiger partial charge in [0, 0.05) is 12.1 Å². The summed E-state index contributed by atoms with van der Waals surface area (Å²) in [6, 6.07) is 5.44. The molecule has 2 atom stereocenters. The highest BCUT2D eigenvalue weighted by Crippen LogP contribution is 2.33. The van der Waals surface area contributed by atoms with Crippen molar-refractivity contribution in [3.05, 3.63) is 33.3 Å². The molecule has 1 aliphatic heterocycles. The van der Waals surface area contributed by atoms with E-state index in [1.54, 1.807) is 12.1 Å². The zero-order chi connectivity index (χ0) is 13.1. The third kappa shape index (κ3) is 2.73. The summed E-state index contributed by atoms with van der Waals surface area (Å²) in [5.41, 5.74) is 0.449. The third-order valence-electron chi connectivity index (χ3n) is 3.27. The summed E-state index contributed by atoms with van der Waals surface area (Å²) >= 11 is 5.88. The fourth-order valence-electron chi connectivity index (χ4n) is 2.26. The number of nitro benzene ring substituents is 1. The maximum absolute atomic E-state index is 11.0. The van der Waals surface area contributed by atoms with Crippen LogP contribution in [0.5, 0.6) is 0 Å². The van der Waals surface area contributed by atoms with Gasteiger partial charge in [-0.05, 0) is 38.4 Å². The zero-order valence-corrected chi connectivity index (χ0v) is 10.9. The molecule has 0 aliphatic carbocycles. The summed E-state index contributed by atoms with van der Waals surface area (Å²) in [5.74, 6) is 0. The number of nitrogens with zero attached hydrogens (tertiary/aromatic N) is 1. The topological polar surface area (TPSA) is 67.2 Å². The number of rotatable bonds is 3. The summed E-state index contributed by atoms with van der Waals surface area (Å²) in [6.45, 7) is 3.07. The van der Waals surface area contributed by atoms with Gasteiger partial charge < -0.3 is 10.6 Å². The lowest BCUT2D eigenvalue weighted by molar-refractivity contribution is -0.383. The van der Waals surface area contributed by atoms with Crippen LogP contribution in [0.1, 0.15) is 19.8 Å². The van der Waals surface area contributed by atoms with Crippen molar-refractivity contribution in [1.29, 1.82) is 0 Å². The Labute approximate surface area is 111 Å². The molecule has 1 heterocycles. The highest BCUT2D eigenvalue weighted by atomic mass is 35.5. The molecule has 1 aromatic carbocycles. The van der Waals surface area contributed by atoms with E-state index in [9.17, 15) is 10.1 Å². The van der Waals surface area contributed by atoms with E-state index in [1.807, 2.05) is 0 Å².